The summed E-state index contributed by atoms with van der Waals surface area (Å²) in [6.45, 7) is 8.72. The maximum atomic E-state index is 12.0. The first kappa shape index (κ1) is 15.3. The fourth-order valence-corrected chi connectivity index (χ4v) is 3.50. The quantitative estimate of drug-likeness (QED) is 0.853. The summed E-state index contributed by atoms with van der Waals surface area (Å²) in [4.78, 5) is 12.0. The third-order valence-corrected chi connectivity index (χ3v) is 4.89. The molecule has 1 aromatic rings. The first-order valence-corrected chi connectivity index (χ1v) is 8.10. The van der Waals surface area contributed by atoms with E-state index in [2.05, 4.69) is 23.5 Å². The van der Waals surface area contributed by atoms with Gasteiger partial charge in [0.05, 0.1) is 12.3 Å². The lowest BCUT2D eigenvalue weighted by molar-refractivity contribution is 0.0527. The Morgan fingerprint density at radius 1 is 1.45 bits per heavy atom. The Labute approximate surface area is 125 Å². The van der Waals surface area contributed by atoms with Crippen molar-refractivity contribution in [2.45, 2.75) is 59.4 Å². The number of hydrogen-bond donors (Lipinski definition) is 1. The van der Waals surface area contributed by atoms with Crippen molar-refractivity contribution in [3.8, 4) is 0 Å². The molecule has 4 nitrogen and oxygen atoms in total. The fraction of sp³-hybridized carbons (Fsp3) is 0.733. The van der Waals surface area contributed by atoms with Crippen LogP contribution in [0.3, 0.4) is 0 Å². The molecular formula is C15H24N2O2S. The second kappa shape index (κ2) is 6.12. The Morgan fingerprint density at radius 2 is 2.10 bits per heavy atom. The molecule has 1 fully saturated rings. The molecule has 2 rings (SSSR count). The second-order valence-corrected chi connectivity index (χ2v) is 7.05. The van der Waals surface area contributed by atoms with Crippen LogP contribution in [0, 0.1) is 12.3 Å². The third-order valence-electron chi connectivity index (χ3n) is 4.02. The average molecular weight is 296 g/mol. The number of rotatable bonds is 4. The Hall–Kier alpha value is -1.10. The minimum Gasteiger partial charge on any atom is -0.462 e. The van der Waals surface area contributed by atoms with Gasteiger partial charge in [-0.3, -0.25) is 0 Å². The Kier molecular flexibility index (Phi) is 4.68. The van der Waals surface area contributed by atoms with Gasteiger partial charge in [-0.2, -0.15) is 4.37 Å². The molecule has 0 radical (unpaired) electrons. The van der Waals surface area contributed by atoms with Crippen LogP contribution in [0.4, 0.5) is 5.00 Å². The van der Waals surface area contributed by atoms with Gasteiger partial charge in [-0.05, 0) is 56.5 Å². The maximum absolute atomic E-state index is 12.0. The van der Waals surface area contributed by atoms with Crippen LogP contribution in [-0.4, -0.2) is 23.0 Å². The molecule has 112 valence electrons. The lowest BCUT2D eigenvalue weighted by atomic mass is 9.75. The second-order valence-electron chi connectivity index (χ2n) is 6.28. The molecular weight excluding hydrogens is 272 g/mol. The minimum atomic E-state index is -0.266. The van der Waals surface area contributed by atoms with E-state index in [1.807, 2.05) is 13.8 Å². The number of carbonyl (C=O) groups excluding carboxylic acids is 1. The smallest absolute Gasteiger partial charge is 0.343 e. The molecule has 1 aliphatic carbocycles. The molecule has 0 saturated heterocycles. The summed E-state index contributed by atoms with van der Waals surface area (Å²) in [5.74, 6) is -0.266. The van der Waals surface area contributed by atoms with Crippen LogP contribution < -0.4 is 5.32 Å². The first-order chi connectivity index (χ1) is 9.43. The molecule has 0 atom stereocenters. The van der Waals surface area contributed by atoms with Crippen LogP contribution in [0.1, 0.15) is 62.5 Å². The summed E-state index contributed by atoms with van der Waals surface area (Å²) in [6.07, 6.45) is 4.73. The van der Waals surface area contributed by atoms with Gasteiger partial charge < -0.3 is 10.1 Å². The van der Waals surface area contributed by atoms with E-state index in [1.165, 1.54) is 24.4 Å². The molecule has 0 aliphatic heterocycles. The van der Waals surface area contributed by atoms with Crippen molar-refractivity contribution in [2.75, 3.05) is 11.9 Å². The minimum absolute atomic E-state index is 0.266. The number of aryl methyl sites for hydroxylation is 1. The van der Waals surface area contributed by atoms with Crippen molar-refractivity contribution in [1.82, 2.24) is 4.37 Å². The Morgan fingerprint density at radius 3 is 2.70 bits per heavy atom. The van der Waals surface area contributed by atoms with E-state index in [1.54, 1.807) is 0 Å². The van der Waals surface area contributed by atoms with Gasteiger partial charge in [0.2, 0.25) is 0 Å². The summed E-state index contributed by atoms with van der Waals surface area (Å²) in [6, 6.07) is 0.441. The Bertz CT molecular complexity index is 472. The zero-order valence-corrected chi connectivity index (χ0v) is 13.6. The van der Waals surface area contributed by atoms with E-state index in [9.17, 15) is 4.79 Å². The van der Waals surface area contributed by atoms with Gasteiger partial charge in [0.1, 0.15) is 10.6 Å². The lowest BCUT2D eigenvalue weighted by Gasteiger charge is -2.34. The van der Waals surface area contributed by atoms with E-state index >= 15 is 0 Å². The normalized spacial score (nSPS) is 18.8. The monoisotopic (exact) mass is 296 g/mol. The van der Waals surface area contributed by atoms with Crippen molar-refractivity contribution in [3.63, 3.8) is 0 Å². The zero-order valence-electron chi connectivity index (χ0n) is 12.8. The van der Waals surface area contributed by atoms with Gasteiger partial charge >= 0.3 is 5.97 Å². The van der Waals surface area contributed by atoms with Gasteiger partial charge in [0, 0.05) is 6.04 Å². The van der Waals surface area contributed by atoms with Gasteiger partial charge in [-0.1, -0.05) is 13.8 Å². The Balaban J connectivity index is 2.05. The standard InChI is InChI=1S/C15H24N2O2S/c1-5-19-14(18)12-10(2)17-20-13(12)16-11-6-8-15(3,4)9-7-11/h11,16H,5-9H2,1-4H3. The summed E-state index contributed by atoms with van der Waals surface area (Å²) in [7, 11) is 0. The average Bonchev–Trinajstić information content (AvgIpc) is 2.73. The van der Waals surface area contributed by atoms with Gasteiger partial charge in [-0.15, -0.1) is 0 Å². The lowest BCUT2D eigenvalue weighted by Crippen LogP contribution is -2.30. The van der Waals surface area contributed by atoms with Crippen molar-refractivity contribution in [1.29, 1.82) is 0 Å². The van der Waals surface area contributed by atoms with E-state index < -0.39 is 0 Å². The van der Waals surface area contributed by atoms with Crippen molar-refractivity contribution in [2.24, 2.45) is 5.41 Å². The fourth-order valence-electron chi connectivity index (χ4n) is 2.64. The summed E-state index contributed by atoms with van der Waals surface area (Å²) >= 11 is 1.36. The van der Waals surface area contributed by atoms with Crippen LogP contribution in [-0.2, 0) is 4.74 Å². The zero-order chi connectivity index (χ0) is 14.8. The predicted molar refractivity (Wildman–Crippen MR) is 82.5 cm³/mol. The van der Waals surface area contributed by atoms with Crippen LogP contribution in [0.2, 0.25) is 0 Å². The number of nitrogens with one attached hydrogen (secondary N) is 1. The highest BCUT2D eigenvalue weighted by atomic mass is 32.1. The highest BCUT2D eigenvalue weighted by Crippen LogP contribution is 2.37. The molecule has 0 bridgehead atoms. The number of nitrogens with zero attached hydrogens (tertiary/aromatic N) is 1. The molecule has 0 aromatic carbocycles. The van der Waals surface area contributed by atoms with Crippen molar-refractivity contribution in [3.05, 3.63) is 11.3 Å². The van der Waals surface area contributed by atoms with E-state index in [4.69, 9.17) is 4.74 Å². The largest absolute Gasteiger partial charge is 0.462 e. The first-order valence-electron chi connectivity index (χ1n) is 7.33. The van der Waals surface area contributed by atoms with Gasteiger partial charge in [0.15, 0.2) is 0 Å². The van der Waals surface area contributed by atoms with Crippen molar-refractivity contribution < 1.29 is 9.53 Å². The van der Waals surface area contributed by atoms with E-state index in [0.29, 0.717) is 23.6 Å². The summed E-state index contributed by atoms with van der Waals surface area (Å²) in [5.41, 5.74) is 1.82. The molecule has 5 heteroatoms. The van der Waals surface area contributed by atoms with Gasteiger partial charge in [-0.25, -0.2) is 4.79 Å². The number of anilines is 1. The van der Waals surface area contributed by atoms with Crippen LogP contribution in [0.25, 0.3) is 0 Å². The number of ether oxygens (including phenoxy) is 1. The molecule has 20 heavy (non-hydrogen) atoms. The number of aromatic nitrogens is 1. The highest BCUT2D eigenvalue weighted by molar-refractivity contribution is 7.10. The summed E-state index contributed by atoms with van der Waals surface area (Å²) in [5, 5.41) is 4.37. The summed E-state index contributed by atoms with van der Waals surface area (Å²) < 4.78 is 9.41. The van der Waals surface area contributed by atoms with E-state index in [-0.39, 0.29) is 5.97 Å². The molecule has 0 spiro atoms. The topological polar surface area (TPSA) is 51.2 Å². The predicted octanol–water partition coefficient (Wildman–Crippen LogP) is 4.01. The molecule has 1 N–H and O–H groups in total. The SMILES string of the molecule is CCOC(=O)c1c(C)nsc1NC1CCC(C)(C)CC1. The third kappa shape index (κ3) is 3.51. The molecule has 1 aromatic heterocycles. The molecule has 1 heterocycles. The molecule has 0 unspecified atom stereocenters. The van der Waals surface area contributed by atoms with E-state index in [0.717, 1.165) is 23.5 Å². The number of esters is 1. The molecule has 1 aliphatic rings. The van der Waals surface area contributed by atoms with Crippen LogP contribution >= 0.6 is 11.5 Å². The molecule has 0 amide bonds. The van der Waals surface area contributed by atoms with Crippen LogP contribution in [0.5, 0.6) is 0 Å². The van der Waals surface area contributed by atoms with Crippen LogP contribution in [0.15, 0.2) is 0 Å². The van der Waals surface area contributed by atoms with Gasteiger partial charge in [0.25, 0.3) is 0 Å². The van der Waals surface area contributed by atoms with Crippen molar-refractivity contribution >= 4 is 22.5 Å². The number of hydrogen-bond acceptors (Lipinski definition) is 5. The number of carbonyl (C=O) groups is 1. The highest BCUT2D eigenvalue weighted by Gasteiger charge is 2.28. The molecule has 1 saturated carbocycles. The maximum Gasteiger partial charge on any atom is 0.343 e.